The molecule has 0 saturated carbocycles. The van der Waals surface area contributed by atoms with E-state index in [0.29, 0.717) is 41.0 Å². The Balaban J connectivity index is 1.42. The number of hydrogen-bond acceptors (Lipinski definition) is 8. The number of amides is 1. The normalized spacial score (nSPS) is 10.7. The number of nitrogens with zero attached hydrogens (tertiary/aromatic N) is 5. The number of aromatic nitrogens is 5. The highest BCUT2D eigenvalue weighted by Crippen LogP contribution is 2.24. The van der Waals surface area contributed by atoms with Crippen molar-refractivity contribution in [2.24, 2.45) is 0 Å². The summed E-state index contributed by atoms with van der Waals surface area (Å²) < 4.78 is 17.4. The maximum atomic E-state index is 12.6. The summed E-state index contributed by atoms with van der Waals surface area (Å²) in [5, 5.41) is 6.73. The molecule has 0 saturated heterocycles. The van der Waals surface area contributed by atoms with E-state index in [9.17, 15) is 4.79 Å². The molecule has 3 heterocycles. The number of hydrogen-bond donors (Lipinski definition) is 1. The quantitative estimate of drug-likeness (QED) is 0.450. The van der Waals surface area contributed by atoms with Gasteiger partial charge in [0.1, 0.15) is 29.3 Å². The molecule has 1 N–H and O–H groups in total. The van der Waals surface area contributed by atoms with Crippen LogP contribution in [0.5, 0.6) is 11.5 Å². The van der Waals surface area contributed by atoms with E-state index in [1.807, 2.05) is 25.1 Å². The molecule has 0 spiro atoms. The molecule has 4 aromatic rings. The lowest BCUT2D eigenvalue weighted by molar-refractivity contribution is 0.0946. The minimum absolute atomic E-state index is 0.271. The number of ether oxygens (including phenoxy) is 2. The van der Waals surface area contributed by atoms with E-state index in [1.54, 1.807) is 43.3 Å². The predicted octanol–water partition coefficient (Wildman–Crippen LogP) is 2.83. The second-order valence-electron chi connectivity index (χ2n) is 6.80. The van der Waals surface area contributed by atoms with E-state index in [4.69, 9.17) is 14.0 Å². The first-order chi connectivity index (χ1) is 15.6. The average Bonchev–Trinajstić information content (AvgIpc) is 3.52. The van der Waals surface area contributed by atoms with Crippen molar-refractivity contribution in [2.45, 2.75) is 19.9 Å². The Hall–Kier alpha value is -4.21. The van der Waals surface area contributed by atoms with Crippen molar-refractivity contribution in [2.75, 3.05) is 14.2 Å². The summed E-state index contributed by atoms with van der Waals surface area (Å²) in [6.45, 7) is 2.24. The van der Waals surface area contributed by atoms with Crippen LogP contribution in [0.3, 0.4) is 0 Å². The Labute approximate surface area is 184 Å². The fraction of sp³-hybridized carbons (Fsp3) is 0.227. The lowest BCUT2D eigenvalue weighted by atomic mass is 10.2. The fourth-order valence-electron chi connectivity index (χ4n) is 3.01. The largest absolute Gasteiger partial charge is 0.497 e. The highest BCUT2D eigenvalue weighted by Gasteiger charge is 2.13. The third kappa shape index (κ3) is 4.43. The van der Waals surface area contributed by atoms with Crippen molar-refractivity contribution in [1.82, 2.24) is 30.0 Å². The van der Waals surface area contributed by atoms with Crippen LogP contribution >= 0.6 is 0 Å². The summed E-state index contributed by atoms with van der Waals surface area (Å²) in [6, 6.07) is 9.03. The van der Waals surface area contributed by atoms with E-state index in [2.05, 4.69) is 25.4 Å². The van der Waals surface area contributed by atoms with Crippen molar-refractivity contribution >= 4 is 5.91 Å². The molecule has 0 aliphatic rings. The van der Waals surface area contributed by atoms with Crippen LogP contribution in [0.4, 0.5) is 0 Å². The van der Waals surface area contributed by atoms with E-state index < -0.39 is 0 Å². The van der Waals surface area contributed by atoms with Gasteiger partial charge in [-0.2, -0.15) is 4.98 Å². The predicted molar refractivity (Wildman–Crippen MR) is 115 cm³/mol. The molecule has 4 rings (SSSR count). The lowest BCUT2D eigenvalue weighted by Crippen LogP contribution is -2.23. The molecule has 3 aromatic heterocycles. The van der Waals surface area contributed by atoms with Crippen molar-refractivity contribution in [1.29, 1.82) is 0 Å². The summed E-state index contributed by atoms with van der Waals surface area (Å²) in [6.07, 6.45) is 5.48. The first-order valence-electron chi connectivity index (χ1n) is 9.93. The van der Waals surface area contributed by atoms with Crippen LogP contribution in [-0.4, -0.2) is 44.8 Å². The summed E-state index contributed by atoms with van der Waals surface area (Å²) in [5.41, 5.74) is 1.81. The van der Waals surface area contributed by atoms with Gasteiger partial charge in [-0.05, 0) is 24.3 Å². The maximum Gasteiger partial charge on any atom is 0.271 e. The highest BCUT2D eigenvalue weighted by atomic mass is 16.5. The van der Waals surface area contributed by atoms with Crippen molar-refractivity contribution < 1.29 is 18.8 Å². The average molecular weight is 434 g/mol. The van der Waals surface area contributed by atoms with Crippen LogP contribution in [-0.2, 0) is 13.0 Å². The number of carbonyl (C=O) groups is 1. The molecule has 32 heavy (non-hydrogen) atoms. The van der Waals surface area contributed by atoms with Crippen LogP contribution in [0.1, 0.15) is 28.8 Å². The molecule has 0 aliphatic heterocycles. The fourth-order valence-corrected chi connectivity index (χ4v) is 3.01. The van der Waals surface area contributed by atoms with Gasteiger partial charge < -0.3 is 19.3 Å². The Kier molecular flexibility index (Phi) is 6.11. The van der Waals surface area contributed by atoms with Gasteiger partial charge in [-0.1, -0.05) is 12.1 Å². The zero-order chi connectivity index (χ0) is 22.5. The highest BCUT2D eigenvalue weighted by molar-refractivity contribution is 5.92. The van der Waals surface area contributed by atoms with Crippen LogP contribution in [0.2, 0.25) is 0 Å². The van der Waals surface area contributed by atoms with Gasteiger partial charge >= 0.3 is 0 Å². The number of carbonyl (C=O) groups excluding carboxylic acids is 1. The zero-order valence-electron chi connectivity index (χ0n) is 17.9. The maximum absolute atomic E-state index is 12.6. The van der Waals surface area contributed by atoms with Crippen LogP contribution in [0, 0.1) is 0 Å². The van der Waals surface area contributed by atoms with Gasteiger partial charge in [-0.25, -0.2) is 9.97 Å². The first kappa shape index (κ1) is 21.0. The smallest absolute Gasteiger partial charge is 0.271 e. The van der Waals surface area contributed by atoms with Gasteiger partial charge in [0.05, 0.1) is 19.8 Å². The molecule has 164 valence electrons. The number of nitrogens with one attached hydrogen (secondary N) is 1. The standard InChI is InChI=1S/C22H22N6O4/c1-4-19-26-22(32-27-19)15-6-8-20(23-11-15)28-12-17(25-13-28)21(29)24-10-14-5-7-16(30-2)9-18(14)31-3/h5-9,11-13H,4,10H2,1-3H3,(H,24,29). The third-order valence-corrected chi connectivity index (χ3v) is 4.79. The number of methoxy groups -OCH3 is 2. The number of rotatable bonds is 8. The molecule has 10 nitrogen and oxygen atoms in total. The Morgan fingerprint density at radius 2 is 2.03 bits per heavy atom. The molecule has 0 aliphatic carbocycles. The molecule has 10 heteroatoms. The molecule has 0 fully saturated rings. The molecular formula is C22H22N6O4. The Morgan fingerprint density at radius 3 is 2.72 bits per heavy atom. The van der Waals surface area contributed by atoms with Gasteiger partial charge in [-0.3, -0.25) is 9.36 Å². The monoisotopic (exact) mass is 434 g/mol. The summed E-state index contributed by atoms with van der Waals surface area (Å²) >= 11 is 0. The number of aryl methyl sites for hydroxylation is 1. The van der Waals surface area contributed by atoms with Crippen molar-refractivity contribution in [3.8, 4) is 28.8 Å². The van der Waals surface area contributed by atoms with Crippen LogP contribution in [0.25, 0.3) is 17.3 Å². The second kappa shape index (κ2) is 9.29. The van der Waals surface area contributed by atoms with Crippen molar-refractivity contribution in [3.05, 3.63) is 66.1 Å². The molecule has 0 unspecified atom stereocenters. The van der Waals surface area contributed by atoms with Gasteiger partial charge in [0, 0.05) is 37.0 Å². The van der Waals surface area contributed by atoms with Gasteiger partial charge in [0.15, 0.2) is 5.82 Å². The van der Waals surface area contributed by atoms with Crippen LogP contribution < -0.4 is 14.8 Å². The summed E-state index contributed by atoms with van der Waals surface area (Å²) in [5.74, 6) is 2.66. The second-order valence-corrected chi connectivity index (χ2v) is 6.80. The van der Waals surface area contributed by atoms with E-state index in [0.717, 1.165) is 5.56 Å². The number of pyridine rings is 1. The Bertz CT molecular complexity index is 1220. The minimum Gasteiger partial charge on any atom is -0.497 e. The molecule has 0 bridgehead atoms. The summed E-state index contributed by atoms with van der Waals surface area (Å²) in [4.78, 5) is 25.4. The number of benzene rings is 1. The first-order valence-corrected chi connectivity index (χ1v) is 9.93. The van der Waals surface area contributed by atoms with Gasteiger partial charge in [0.2, 0.25) is 0 Å². The minimum atomic E-state index is -0.309. The lowest BCUT2D eigenvalue weighted by Gasteiger charge is -2.10. The van der Waals surface area contributed by atoms with E-state index >= 15 is 0 Å². The zero-order valence-corrected chi connectivity index (χ0v) is 17.9. The number of imidazole rings is 1. The topological polar surface area (TPSA) is 117 Å². The van der Waals surface area contributed by atoms with Gasteiger partial charge in [0.25, 0.3) is 11.8 Å². The molecule has 1 aromatic carbocycles. The van der Waals surface area contributed by atoms with E-state index in [-0.39, 0.29) is 18.1 Å². The van der Waals surface area contributed by atoms with Gasteiger partial charge in [-0.15, -0.1) is 0 Å². The molecule has 0 atom stereocenters. The molecule has 1 amide bonds. The molecule has 0 radical (unpaired) electrons. The SMILES string of the molecule is CCc1noc(-c2ccc(-n3cnc(C(=O)NCc4ccc(OC)cc4OC)c3)nc2)n1. The van der Waals surface area contributed by atoms with E-state index in [1.165, 1.54) is 6.33 Å². The Morgan fingerprint density at radius 1 is 1.16 bits per heavy atom. The van der Waals surface area contributed by atoms with Crippen LogP contribution in [0.15, 0.2) is 53.6 Å². The third-order valence-electron chi connectivity index (χ3n) is 4.79. The summed E-state index contributed by atoms with van der Waals surface area (Å²) in [7, 11) is 3.16. The van der Waals surface area contributed by atoms with Crippen molar-refractivity contribution in [3.63, 3.8) is 0 Å². The molecular weight excluding hydrogens is 412 g/mol.